The van der Waals surface area contributed by atoms with Gasteiger partial charge in [-0.25, -0.2) is 0 Å². The molecule has 1 aromatic carbocycles. The Morgan fingerprint density at radius 1 is 1.22 bits per heavy atom. The second-order valence-electron chi connectivity index (χ2n) is 6.30. The summed E-state index contributed by atoms with van der Waals surface area (Å²) in [6, 6.07) is 9.24. The molecule has 2 nitrogen and oxygen atoms in total. The first-order chi connectivity index (χ1) is 8.43. The van der Waals surface area contributed by atoms with E-state index in [-0.39, 0.29) is 11.6 Å². The van der Waals surface area contributed by atoms with Crippen molar-refractivity contribution in [2.45, 2.75) is 58.0 Å². The first-order valence-electron chi connectivity index (χ1n) is 7.06. The molecule has 0 saturated carbocycles. The summed E-state index contributed by atoms with van der Waals surface area (Å²) in [7, 11) is 0. The van der Waals surface area contributed by atoms with E-state index in [1.54, 1.807) is 0 Å². The third kappa shape index (κ3) is 2.39. The third-order valence-corrected chi connectivity index (χ3v) is 4.37. The van der Waals surface area contributed by atoms with Crippen molar-refractivity contribution in [2.75, 3.05) is 11.4 Å². The number of hydrogen-bond donors (Lipinski definition) is 1. The van der Waals surface area contributed by atoms with E-state index in [0.29, 0.717) is 5.92 Å². The number of piperidine rings is 1. The number of rotatable bonds is 2. The van der Waals surface area contributed by atoms with Crippen LogP contribution in [0, 0.1) is 0 Å². The molecule has 1 aliphatic heterocycles. The van der Waals surface area contributed by atoms with Crippen LogP contribution in [-0.2, 0) is 0 Å². The predicted molar refractivity (Wildman–Crippen MR) is 79.2 cm³/mol. The van der Waals surface area contributed by atoms with E-state index >= 15 is 0 Å². The molecular formula is C16H26N2. The lowest BCUT2D eigenvalue weighted by molar-refractivity contribution is 0.310. The van der Waals surface area contributed by atoms with Crippen molar-refractivity contribution in [2.24, 2.45) is 5.73 Å². The maximum Gasteiger partial charge on any atom is 0.0496 e. The van der Waals surface area contributed by atoms with Gasteiger partial charge in [0.25, 0.3) is 0 Å². The zero-order valence-corrected chi connectivity index (χ0v) is 12.1. The van der Waals surface area contributed by atoms with Gasteiger partial charge >= 0.3 is 0 Å². The Balaban J connectivity index is 2.25. The van der Waals surface area contributed by atoms with Gasteiger partial charge in [0.1, 0.15) is 0 Å². The summed E-state index contributed by atoms with van der Waals surface area (Å²) in [6.07, 6.45) is 2.32. The molecule has 0 spiro atoms. The fourth-order valence-corrected chi connectivity index (χ4v) is 2.81. The molecule has 2 N–H and O–H groups in total. The van der Waals surface area contributed by atoms with Crippen molar-refractivity contribution in [3.05, 3.63) is 29.8 Å². The van der Waals surface area contributed by atoms with Crippen LogP contribution < -0.4 is 10.6 Å². The lowest BCUT2D eigenvalue weighted by Crippen LogP contribution is -2.59. The number of benzene rings is 1. The van der Waals surface area contributed by atoms with Crippen molar-refractivity contribution in [1.29, 1.82) is 0 Å². The second-order valence-corrected chi connectivity index (χ2v) is 6.30. The quantitative estimate of drug-likeness (QED) is 0.865. The Labute approximate surface area is 111 Å². The van der Waals surface area contributed by atoms with Gasteiger partial charge in [-0.05, 0) is 50.3 Å². The number of nitrogens with zero attached hydrogens (tertiary/aromatic N) is 1. The molecule has 1 fully saturated rings. The monoisotopic (exact) mass is 246 g/mol. The predicted octanol–water partition coefficient (Wildman–Crippen LogP) is 3.52. The summed E-state index contributed by atoms with van der Waals surface area (Å²) in [5.74, 6) is 0.593. The minimum absolute atomic E-state index is 0.0532. The van der Waals surface area contributed by atoms with E-state index in [1.807, 2.05) is 0 Å². The molecule has 1 aliphatic rings. The molecule has 0 amide bonds. The SMILES string of the molecule is CC(C)c1ccc(N2CCCC(N)C2(C)C)cc1. The number of nitrogens with two attached hydrogens (primary N) is 1. The molecule has 0 aromatic heterocycles. The van der Waals surface area contributed by atoms with Crippen LogP contribution in [0.5, 0.6) is 0 Å². The third-order valence-electron chi connectivity index (χ3n) is 4.37. The van der Waals surface area contributed by atoms with Crippen LogP contribution in [0.2, 0.25) is 0 Å². The molecule has 100 valence electrons. The fraction of sp³-hybridized carbons (Fsp3) is 0.625. The lowest BCUT2D eigenvalue weighted by atomic mass is 9.85. The largest absolute Gasteiger partial charge is 0.365 e. The highest BCUT2D eigenvalue weighted by molar-refractivity contribution is 5.51. The van der Waals surface area contributed by atoms with Gasteiger partial charge in [-0.15, -0.1) is 0 Å². The van der Waals surface area contributed by atoms with Gasteiger partial charge in [0.15, 0.2) is 0 Å². The molecule has 18 heavy (non-hydrogen) atoms. The van der Waals surface area contributed by atoms with Crippen molar-refractivity contribution >= 4 is 5.69 Å². The van der Waals surface area contributed by atoms with Gasteiger partial charge in [0, 0.05) is 23.8 Å². The molecule has 1 unspecified atom stereocenters. The molecule has 1 heterocycles. The van der Waals surface area contributed by atoms with E-state index in [9.17, 15) is 0 Å². The van der Waals surface area contributed by atoms with Gasteiger partial charge in [0.05, 0.1) is 0 Å². The Morgan fingerprint density at radius 2 is 1.83 bits per heavy atom. The van der Waals surface area contributed by atoms with Crippen molar-refractivity contribution in [3.8, 4) is 0 Å². The molecule has 2 rings (SSSR count). The van der Waals surface area contributed by atoms with Gasteiger partial charge in [-0.1, -0.05) is 26.0 Å². The Kier molecular flexibility index (Phi) is 3.67. The number of hydrogen-bond acceptors (Lipinski definition) is 2. The fourth-order valence-electron chi connectivity index (χ4n) is 2.81. The molecule has 0 aliphatic carbocycles. The first kappa shape index (κ1) is 13.4. The van der Waals surface area contributed by atoms with E-state index < -0.39 is 0 Å². The standard InChI is InChI=1S/C16H26N2/c1-12(2)13-7-9-14(10-8-13)18-11-5-6-15(17)16(18,3)4/h7-10,12,15H,5-6,11,17H2,1-4H3. The summed E-state index contributed by atoms with van der Waals surface area (Å²) in [4.78, 5) is 2.46. The molecule has 0 radical (unpaired) electrons. The first-order valence-corrected chi connectivity index (χ1v) is 7.06. The second kappa shape index (κ2) is 4.93. The van der Waals surface area contributed by atoms with Crippen LogP contribution in [0.3, 0.4) is 0 Å². The maximum atomic E-state index is 6.28. The summed E-state index contributed by atoms with van der Waals surface area (Å²) >= 11 is 0. The molecule has 0 bridgehead atoms. The van der Waals surface area contributed by atoms with Gasteiger partial charge in [-0.2, -0.15) is 0 Å². The Bertz CT molecular complexity index is 392. The van der Waals surface area contributed by atoms with Crippen molar-refractivity contribution in [1.82, 2.24) is 0 Å². The van der Waals surface area contributed by atoms with E-state index in [0.717, 1.165) is 13.0 Å². The van der Waals surface area contributed by atoms with Crippen LogP contribution in [0.4, 0.5) is 5.69 Å². The highest BCUT2D eigenvalue weighted by atomic mass is 15.2. The van der Waals surface area contributed by atoms with E-state index in [1.165, 1.54) is 17.7 Å². The Hall–Kier alpha value is -1.02. The summed E-state index contributed by atoms with van der Waals surface area (Å²) in [5.41, 5.74) is 9.04. The van der Waals surface area contributed by atoms with E-state index in [4.69, 9.17) is 5.73 Å². The summed E-state index contributed by atoms with van der Waals surface area (Å²) in [5, 5.41) is 0. The average Bonchev–Trinajstić information content (AvgIpc) is 2.33. The minimum atomic E-state index is 0.0532. The van der Waals surface area contributed by atoms with Crippen molar-refractivity contribution in [3.63, 3.8) is 0 Å². The van der Waals surface area contributed by atoms with Gasteiger partial charge < -0.3 is 10.6 Å². The molecule has 1 atom stereocenters. The van der Waals surface area contributed by atoms with Crippen molar-refractivity contribution < 1.29 is 0 Å². The Morgan fingerprint density at radius 3 is 2.39 bits per heavy atom. The zero-order chi connectivity index (χ0) is 13.3. The lowest BCUT2D eigenvalue weighted by Gasteiger charge is -2.48. The summed E-state index contributed by atoms with van der Waals surface area (Å²) in [6.45, 7) is 10.1. The molecule has 1 aromatic rings. The minimum Gasteiger partial charge on any atom is -0.365 e. The zero-order valence-electron chi connectivity index (χ0n) is 12.1. The van der Waals surface area contributed by atoms with Crippen LogP contribution in [0.1, 0.15) is 52.0 Å². The molecular weight excluding hydrogens is 220 g/mol. The molecule has 2 heteroatoms. The molecule has 1 saturated heterocycles. The van der Waals surface area contributed by atoms with Gasteiger partial charge in [0.2, 0.25) is 0 Å². The van der Waals surface area contributed by atoms with Crippen LogP contribution in [0.15, 0.2) is 24.3 Å². The van der Waals surface area contributed by atoms with Gasteiger partial charge in [-0.3, -0.25) is 0 Å². The highest BCUT2D eigenvalue weighted by Crippen LogP contribution is 2.32. The van der Waals surface area contributed by atoms with Crippen LogP contribution in [-0.4, -0.2) is 18.1 Å². The van der Waals surface area contributed by atoms with Crippen LogP contribution >= 0.6 is 0 Å². The highest BCUT2D eigenvalue weighted by Gasteiger charge is 2.36. The van der Waals surface area contributed by atoms with Crippen LogP contribution in [0.25, 0.3) is 0 Å². The topological polar surface area (TPSA) is 29.3 Å². The number of anilines is 1. The summed E-state index contributed by atoms with van der Waals surface area (Å²) < 4.78 is 0. The normalized spacial score (nSPS) is 23.4. The average molecular weight is 246 g/mol. The smallest absolute Gasteiger partial charge is 0.0496 e. The maximum absolute atomic E-state index is 6.28. The van der Waals surface area contributed by atoms with E-state index in [2.05, 4.69) is 56.9 Å².